The molecule has 182 valence electrons. The summed E-state index contributed by atoms with van der Waals surface area (Å²) in [6, 6.07) is 11.4. The summed E-state index contributed by atoms with van der Waals surface area (Å²) < 4.78 is 10.3. The number of primary amides is 2. The van der Waals surface area contributed by atoms with E-state index in [0.717, 1.165) is 5.56 Å². The molecule has 35 heavy (non-hydrogen) atoms. The second-order valence-corrected chi connectivity index (χ2v) is 8.91. The minimum atomic E-state index is -1.54. The SMILES string of the molecule is C#Cc1ccc([N+]2(C(N)=O)C[C@H](OC)C[C@]2(C(N)=O)c2ccc(N3CCOCC3=O)c(C)c2)cc1. The van der Waals surface area contributed by atoms with E-state index in [2.05, 4.69) is 5.92 Å². The molecule has 4 N–H and O–H groups in total. The fraction of sp³-hybridized carbons (Fsp3) is 0.346. The number of quaternary nitrogens is 1. The summed E-state index contributed by atoms with van der Waals surface area (Å²) in [6.45, 7) is 2.83. The Kier molecular flexibility index (Phi) is 6.38. The van der Waals surface area contributed by atoms with Crippen molar-refractivity contribution in [3.63, 3.8) is 0 Å². The molecule has 0 aromatic heterocycles. The molecule has 0 radical (unpaired) electrons. The Labute approximate surface area is 204 Å². The molecule has 4 amide bonds. The van der Waals surface area contributed by atoms with E-state index in [9.17, 15) is 14.4 Å². The molecule has 0 saturated carbocycles. The number of terminal acetylenes is 1. The van der Waals surface area contributed by atoms with E-state index in [4.69, 9.17) is 27.4 Å². The summed E-state index contributed by atoms with van der Waals surface area (Å²) in [7, 11) is 1.53. The summed E-state index contributed by atoms with van der Waals surface area (Å²) in [6.07, 6.45) is 5.19. The van der Waals surface area contributed by atoms with Gasteiger partial charge in [-0.25, -0.2) is 4.79 Å². The molecule has 2 fully saturated rings. The van der Waals surface area contributed by atoms with Gasteiger partial charge in [0, 0.05) is 49.0 Å². The van der Waals surface area contributed by atoms with E-state index in [0.29, 0.717) is 35.7 Å². The van der Waals surface area contributed by atoms with Gasteiger partial charge in [0.15, 0.2) is 0 Å². The van der Waals surface area contributed by atoms with E-state index in [1.807, 2.05) is 6.92 Å². The molecule has 2 saturated heterocycles. The van der Waals surface area contributed by atoms with Gasteiger partial charge in [-0.3, -0.25) is 9.59 Å². The van der Waals surface area contributed by atoms with Crippen LogP contribution in [0, 0.1) is 19.3 Å². The molecule has 0 bridgehead atoms. The second-order valence-electron chi connectivity index (χ2n) is 8.91. The molecule has 4 rings (SSSR count). The Morgan fingerprint density at radius 1 is 1.23 bits per heavy atom. The third kappa shape index (κ3) is 3.67. The molecule has 1 unspecified atom stereocenters. The summed E-state index contributed by atoms with van der Waals surface area (Å²) >= 11 is 0. The maximum Gasteiger partial charge on any atom is 0.420 e. The molecule has 2 heterocycles. The number of carbonyl (C=O) groups excluding carboxylic acids is 3. The molecule has 9 heteroatoms. The van der Waals surface area contributed by atoms with E-state index >= 15 is 0 Å². The van der Waals surface area contributed by atoms with Crippen molar-refractivity contribution in [1.82, 2.24) is 4.48 Å². The van der Waals surface area contributed by atoms with Crippen LogP contribution in [0.3, 0.4) is 0 Å². The average Bonchev–Trinajstić information content (AvgIpc) is 3.22. The number of hydrogen-bond acceptors (Lipinski definition) is 5. The molecule has 3 atom stereocenters. The fourth-order valence-corrected chi connectivity index (χ4v) is 5.47. The zero-order valence-corrected chi connectivity index (χ0v) is 19.8. The van der Waals surface area contributed by atoms with Gasteiger partial charge in [0.05, 0.1) is 6.61 Å². The number of likely N-dealkylation sites (tertiary alicyclic amines) is 1. The van der Waals surface area contributed by atoms with Crippen LogP contribution in [-0.4, -0.2) is 57.4 Å². The first-order valence-corrected chi connectivity index (χ1v) is 11.3. The van der Waals surface area contributed by atoms with Gasteiger partial charge >= 0.3 is 6.03 Å². The Morgan fingerprint density at radius 2 is 1.94 bits per heavy atom. The first-order chi connectivity index (χ1) is 16.7. The van der Waals surface area contributed by atoms with Crippen LogP contribution in [0.25, 0.3) is 0 Å². The zero-order chi connectivity index (χ0) is 25.4. The number of benzene rings is 2. The standard InChI is InChI=1S/C26H28N4O5/c1-4-18-5-8-20(9-6-18)30(25(28)33)15-21(34-3)14-26(30,24(27)32)19-7-10-22(17(2)13-19)29-11-12-35-16-23(29)31/h1,5-10,13,21H,11-12,14-16H2,2-3H3,(H3-,27,28,32,33)/p+1/t21-,26-,30?/m1/s1. The van der Waals surface area contributed by atoms with Crippen LogP contribution in [0.2, 0.25) is 0 Å². The van der Waals surface area contributed by atoms with Gasteiger partial charge < -0.3 is 25.8 Å². The number of rotatable bonds is 5. The van der Waals surface area contributed by atoms with Crippen LogP contribution in [0.1, 0.15) is 23.1 Å². The smallest absolute Gasteiger partial charge is 0.375 e. The van der Waals surface area contributed by atoms with Crippen LogP contribution in [0.15, 0.2) is 42.5 Å². The fourth-order valence-electron chi connectivity index (χ4n) is 5.47. The number of ether oxygens (including phenoxy) is 2. The van der Waals surface area contributed by atoms with Gasteiger partial charge in [-0.05, 0) is 36.8 Å². The van der Waals surface area contributed by atoms with Gasteiger partial charge in [-0.1, -0.05) is 12.0 Å². The Balaban J connectivity index is 1.93. The third-order valence-corrected chi connectivity index (χ3v) is 7.20. The number of amides is 4. The number of aryl methyl sites for hydroxylation is 1. The predicted molar refractivity (Wildman–Crippen MR) is 131 cm³/mol. The van der Waals surface area contributed by atoms with Crippen LogP contribution in [0.4, 0.5) is 16.2 Å². The van der Waals surface area contributed by atoms with Crippen LogP contribution >= 0.6 is 0 Å². The van der Waals surface area contributed by atoms with Crippen molar-refractivity contribution in [2.24, 2.45) is 11.5 Å². The lowest BCUT2D eigenvalue weighted by atomic mass is 9.82. The van der Waals surface area contributed by atoms with E-state index in [-0.39, 0.29) is 25.5 Å². The maximum absolute atomic E-state index is 13.4. The lowest BCUT2D eigenvalue weighted by Crippen LogP contribution is -2.70. The number of morpholine rings is 1. The lowest BCUT2D eigenvalue weighted by molar-refractivity contribution is -0.127. The molecule has 2 aliphatic heterocycles. The number of urea groups is 1. The van der Waals surface area contributed by atoms with Crippen molar-refractivity contribution in [2.75, 3.05) is 38.3 Å². The highest BCUT2D eigenvalue weighted by Gasteiger charge is 2.68. The monoisotopic (exact) mass is 477 g/mol. The van der Waals surface area contributed by atoms with Gasteiger partial charge in [0.2, 0.25) is 5.54 Å². The van der Waals surface area contributed by atoms with Crippen molar-refractivity contribution in [1.29, 1.82) is 0 Å². The highest BCUT2D eigenvalue weighted by Crippen LogP contribution is 2.50. The zero-order valence-electron chi connectivity index (χ0n) is 19.8. The molecule has 2 aliphatic rings. The summed E-state index contributed by atoms with van der Waals surface area (Å²) in [4.78, 5) is 40.7. The third-order valence-electron chi connectivity index (χ3n) is 7.20. The number of methoxy groups -OCH3 is 1. The number of nitrogens with two attached hydrogens (primary N) is 2. The quantitative estimate of drug-likeness (QED) is 0.499. The minimum Gasteiger partial charge on any atom is -0.375 e. The van der Waals surface area contributed by atoms with E-state index < -0.39 is 28.1 Å². The van der Waals surface area contributed by atoms with Crippen molar-refractivity contribution in [2.45, 2.75) is 25.0 Å². The number of hydrogen-bond donors (Lipinski definition) is 2. The first-order valence-electron chi connectivity index (χ1n) is 11.3. The molecular formula is C26H29N4O5+. The van der Waals surface area contributed by atoms with Crippen LogP contribution in [0.5, 0.6) is 0 Å². The highest BCUT2D eigenvalue weighted by molar-refractivity contribution is 6.00. The van der Waals surface area contributed by atoms with Crippen LogP contribution in [-0.2, 0) is 24.6 Å². The van der Waals surface area contributed by atoms with E-state index in [1.165, 1.54) is 7.11 Å². The summed E-state index contributed by atoms with van der Waals surface area (Å²) in [5.41, 5.74) is 13.7. The normalized spacial score (nSPS) is 26.4. The highest BCUT2D eigenvalue weighted by atomic mass is 16.5. The topological polar surface area (TPSA) is 125 Å². The summed E-state index contributed by atoms with van der Waals surface area (Å²) in [5.74, 6) is 1.70. The van der Waals surface area contributed by atoms with Crippen molar-refractivity contribution in [3.05, 3.63) is 59.2 Å². The largest absolute Gasteiger partial charge is 0.420 e. The summed E-state index contributed by atoms with van der Waals surface area (Å²) in [5, 5.41) is 0. The van der Waals surface area contributed by atoms with Crippen molar-refractivity contribution < 1.29 is 23.9 Å². The van der Waals surface area contributed by atoms with Gasteiger partial charge in [0.1, 0.15) is 24.9 Å². The molecule has 2 aromatic carbocycles. The Bertz CT molecular complexity index is 1220. The maximum atomic E-state index is 13.4. The van der Waals surface area contributed by atoms with Crippen LogP contribution < -0.4 is 20.9 Å². The Morgan fingerprint density at radius 3 is 2.49 bits per heavy atom. The molecular weight excluding hydrogens is 448 g/mol. The van der Waals surface area contributed by atoms with Crippen molar-refractivity contribution >= 4 is 29.2 Å². The first kappa shape index (κ1) is 24.4. The van der Waals surface area contributed by atoms with Gasteiger partial charge in [-0.15, -0.1) is 6.42 Å². The molecule has 9 nitrogen and oxygen atoms in total. The minimum absolute atomic E-state index is 0.0112. The Hall–Kier alpha value is -3.71. The molecule has 2 aromatic rings. The number of nitrogens with zero attached hydrogens (tertiary/aromatic N) is 2. The molecule has 0 aliphatic carbocycles. The number of anilines is 1. The second kappa shape index (κ2) is 9.15. The average molecular weight is 478 g/mol. The van der Waals surface area contributed by atoms with Gasteiger partial charge in [0.25, 0.3) is 11.8 Å². The predicted octanol–water partition coefficient (Wildman–Crippen LogP) is 1.53. The lowest BCUT2D eigenvalue weighted by Gasteiger charge is -2.43. The molecule has 0 spiro atoms. The van der Waals surface area contributed by atoms with E-state index in [1.54, 1.807) is 47.4 Å². The number of carbonyl (C=O) groups is 3. The van der Waals surface area contributed by atoms with Crippen molar-refractivity contribution in [3.8, 4) is 12.3 Å². The van der Waals surface area contributed by atoms with Gasteiger partial charge in [-0.2, -0.15) is 4.48 Å².